The molecule has 2 atom stereocenters. The molecule has 0 bridgehead atoms. The van der Waals surface area contributed by atoms with Crippen molar-refractivity contribution in [2.24, 2.45) is 5.92 Å². The lowest BCUT2D eigenvalue weighted by Crippen LogP contribution is -2.41. The minimum Gasteiger partial charge on any atom is -0.396 e. The lowest BCUT2D eigenvalue weighted by Gasteiger charge is -2.26. The molecule has 1 amide bonds. The number of fused-ring (bicyclic) bond motifs is 1. The van der Waals surface area contributed by atoms with Gasteiger partial charge >= 0.3 is 0 Å². The third kappa shape index (κ3) is 4.30. The van der Waals surface area contributed by atoms with Crippen molar-refractivity contribution in [2.75, 3.05) is 18.1 Å². The Hall–Kier alpha value is -1.59. The van der Waals surface area contributed by atoms with E-state index < -0.39 is 12.2 Å². The summed E-state index contributed by atoms with van der Waals surface area (Å²) in [5.41, 5.74) is 2.33. The highest BCUT2D eigenvalue weighted by Gasteiger charge is 2.37. The summed E-state index contributed by atoms with van der Waals surface area (Å²) in [5.74, 6) is 0.111. The fraction of sp³-hybridized carbons (Fsp3) is 0.381. The fourth-order valence-corrected chi connectivity index (χ4v) is 3.78. The van der Waals surface area contributed by atoms with E-state index in [1.165, 1.54) is 0 Å². The number of aliphatic hydroxyl groups excluding tert-OH is 1. The predicted octanol–water partition coefficient (Wildman–Crippen LogP) is 4.85. The van der Waals surface area contributed by atoms with E-state index in [0.717, 1.165) is 16.8 Å². The van der Waals surface area contributed by atoms with Gasteiger partial charge in [0.25, 0.3) is 5.91 Å². The van der Waals surface area contributed by atoms with Gasteiger partial charge in [-0.3, -0.25) is 4.79 Å². The van der Waals surface area contributed by atoms with Crippen molar-refractivity contribution in [3.63, 3.8) is 0 Å². The number of anilines is 1. The van der Waals surface area contributed by atoms with Crippen LogP contribution in [0.4, 0.5) is 5.69 Å². The number of rotatable bonds is 5. The van der Waals surface area contributed by atoms with E-state index in [-0.39, 0.29) is 24.9 Å². The standard InChI is InChI=1S/C21H23Cl2NO3/c1-13(2)12-24-18-8-7-14(22)11-16(18)20(15-5-3-4-6-17(15)23)27-19(9-10-25)21(24)26/h3-8,11,13,19-20,25H,9-10,12H2,1-2H3. The highest BCUT2D eigenvalue weighted by Crippen LogP contribution is 2.41. The monoisotopic (exact) mass is 407 g/mol. The first kappa shape index (κ1) is 20.2. The van der Waals surface area contributed by atoms with Crippen molar-refractivity contribution in [1.29, 1.82) is 0 Å². The van der Waals surface area contributed by atoms with E-state index in [9.17, 15) is 9.90 Å². The molecule has 144 valence electrons. The van der Waals surface area contributed by atoms with E-state index in [1.807, 2.05) is 30.3 Å². The van der Waals surface area contributed by atoms with Gasteiger partial charge in [0.1, 0.15) is 12.2 Å². The van der Waals surface area contributed by atoms with Crippen molar-refractivity contribution in [2.45, 2.75) is 32.5 Å². The van der Waals surface area contributed by atoms with E-state index in [0.29, 0.717) is 16.6 Å². The number of nitrogens with zero attached hydrogens (tertiary/aromatic N) is 1. The molecule has 27 heavy (non-hydrogen) atoms. The minimum absolute atomic E-state index is 0.141. The second kappa shape index (κ2) is 8.61. The zero-order valence-corrected chi connectivity index (χ0v) is 16.9. The highest BCUT2D eigenvalue weighted by atomic mass is 35.5. The SMILES string of the molecule is CC(C)CN1C(=O)C(CCO)OC(c2ccccc2Cl)c2cc(Cl)ccc21. The maximum atomic E-state index is 13.2. The van der Waals surface area contributed by atoms with Gasteiger partial charge < -0.3 is 14.7 Å². The van der Waals surface area contributed by atoms with Gasteiger partial charge in [0, 0.05) is 46.4 Å². The first-order valence-electron chi connectivity index (χ1n) is 9.04. The Bertz CT molecular complexity index is 825. The van der Waals surface area contributed by atoms with E-state index in [1.54, 1.807) is 17.0 Å². The molecule has 2 aromatic carbocycles. The van der Waals surface area contributed by atoms with Crippen LogP contribution in [0.1, 0.15) is 37.5 Å². The quantitative estimate of drug-likeness (QED) is 0.769. The molecule has 0 saturated heterocycles. The second-order valence-electron chi connectivity index (χ2n) is 7.08. The smallest absolute Gasteiger partial charge is 0.256 e. The molecule has 0 saturated carbocycles. The van der Waals surface area contributed by atoms with E-state index in [2.05, 4.69) is 13.8 Å². The molecule has 0 radical (unpaired) electrons. The second-order valence-corrected chi connectivity index (χ2v) is 7.93. The first-order valence-corrected chi connectivity index (χ1v) is 9.79. The molecule has 0 aromatic heterocycles. The predicted molar refractivity (Wildman–Crippen MR) is 109 cm³/mol. The molecule has 0 spiro atoms. The van der Waals surface area contributed by atoms with Crippen LogP contribution >= 0.6 is 23.2 Å². The topological polar surface area (TPSA) is 49.8 Å². The van der Waals surface area contributed by atoms with Crippen LogP contribution in [-0.4, -0.2) is 30.3 Å². The normalized spacial score (nSPS) is 19.9. The molecule has 4 nitrogen and oxygen atoms in total. The fourth-order valence-electron chi connectivity index (χ4n) is 3.36. The van der Waals surface area contributed by atoms with E-state index >= 15 is 0 Å². The summed E-state index contributed by atoms with van der Waals surface area (Å²) in [6.45, 7) is 4.52. The Morgan fingerprint density at radius 3 is 2.56 bits per heavy atom. The maximum Gasteiger partial charge on any atom is 0.256 e. The summed E-state index contributed by atoms with van der Waals surface area (Å²) in [6.07, 6.45) is -1.10. The van der Waals surface area contributed by atoms with Gasteiger partial charge in [-0.15, -0.1) is 0 Å². The summed E-state index contributed by atoms with van der Waals surface area (Å²) in [4.78, 5) is 14.9. The maximum absolute atomic E-state index is 13.2. The van der Waals surface area contributed by atoms with Gasteiger partial charge in [-0.1, -0.05) is 55.2 Å². The molecular formula is C21H23Cl2NO3. The zero-order chi connectivity index (χ0) is 19.6. The average molecular weight is 408 g/mol. The largest absolute Gasteiger partial charge is 0.396 e. The summed E-state index contributed by atoms with van der Waals surface area (Å²) in [5, 5.41) is 10.6. The van der Waals surface area contributed by atoms with Gasteiger partial charge in [0.05, 0.1) is 0 Å². The summed E-state index contributed by atoms with van der Waals surface area (Å²) in [6, 6.07) is 12.9. The summed E-state index contributed by atoms with van der Waals surface area (Å²) >= 11 is 12.7. The van der Waals surface area contributed by atoms with Crippen LogP contribution < -0.4 is 4.90 Å². The number of carbonyl (C=O) groups is 1. The number of benzene rings is 2. The van der Waals surface area contributed by atoms with Crippen LogP contribution in [0.2, 0.25) is 10.0 Å². The Balaban J connectivity index is 2.19. The number of aliphatic hydroxyl groups is 1. The Kier molecular flexibility index (Phi) is 6.43. The third-order valence-corrected chi connectivity index (χ3v) is 5.11. The summed E-state index contributed by atoms with van der Waals surface area (Å²) < 4.78 is 6.23. The number of halogens is 2. The van der Waals surface area contributed by atoms with Crippen molar-refractivity contribution in [3.05, 3.63) is 63.6 Å². The summed E-state index contributed by atoms with van der Waals surface area (Å²) in [7, 11) is 0. The molecule has 1 N–H and O–H groups in total. The molecule has 2 aromatic rings. The zero-order valence-electron chi connectivity index (χ0n) is 15.4. The van der Waals surface area contributed by atoms with Crippen molar-refractivity contribution >= 4 is 34.8 Å². The Morgan fingerprint density at radius 1 is 1.15 bits per heavy atom. The number of hydrogen-bond acceptors (Lipinski definition) is 3. The van der Waals surface area contributed by atoms with Gasteiger partial charge in [0.15, 0.2) is 0 Å². The van der Waals surface area contributed by atoms with Gasteiger partial charge in [-0.25, -0.2) is 0 Å². The van der Waals surface area contributed by atoms with Crippen LogP contribution in [0.15, 0.2) is 42.5 Å². The number of amides is 1. The molecule has 2 unspecified atom stereocenters. The number of ether oxygens (including phenoxy) is 1. The number of hydrogen-bond donors (Lipinski definition) is 1. The van der Waals surface area contributed by atoms with Crippen LogP contribution in [-0.2, 0) is 9.53 Å². The first-order chi connectivity index (χ1) is 12.9. The molecule has 1 aliphatic heterocycles. The molecule has 3 rings (SSSR count). The van der Waals surface area contributed by atoms with Crippen molar-refractivity contribution in [3.8, 4) is 0 Å². The van der Waals surface area contributed by atoms with Gasteiger partial charge in [-0.05, 0) is 30.2 Å². The van der Waals surface area contributed by atoms with Gasteiger partial charge in [-0.2, -0.15) is 0 Å². The van der Waals surface area contributed by atoms with Crippen molar-refractivity contribution in [1.82, 2.24) is 0 Å². The molecule has 1 aliphatic rings. The Labute approximate surface area is 169 Å². The third-order valence-electron chi connectivity index (χ3n) is 4.53. The van der Waals surface area contributed by atoms with E-state index in [4.69, 9.17) is 27.9 Å². The van der Waals surface area contributed by atoms with Crippen LogP contribution in [0.3, 0.4) is 0 Å². The van der Waals surface area contributed by atoms with Crippen LogP contribution in [0.25, 0.3) is 0 Å². The molecule has 0 aliphatic carbocycles. The van der Waals surface area contributed by atoms with Crippen LogP contribution in [0.5, 0.6) is 0 Å². The lowest BCUT2D eigenvalue weighted by atomic mass is 9.99. The number of carbonyl (C=O) groups excluding carboxylic acids is 1. The van der Waals surface area contributed by atoms with Crippen LogP contribution in [0, 0.1) is 5.92 Å². The average Bonchev–Trinajstić information content (AvgIpc) is 2.73. The lowest BCUT2D eigenvalue weighted by molar-refractivity contribution is -0.133. The van der Waals surface area contributed by atoms with Gasteiger partial charge in [0.2, 0.25) is 0 Å². The molecule has 1 heterocycles. The van der Waals surface area contributed by atoms with Crippen molar-refractivity contribution < 1.29 is 14.6 Å². The highest BCUT2D eigenvalue weighted by molar-refractivity contribution is 6.31. The molecule has 0 fully saturated rings. The molecule has 6 heteroatoms. The molecular weight excluding hydrogens is 385 g/mol. The minimum atomic E-state index is -0.763. The Morgan fingerprint density at radius 2 is 1.89 bits per heavy atom.